The Bertz CT molecular complexity index is 1210. The Labute approximate surface area is 203 Å². The minimum Gasteiger partial charge on any atom is -0.497 e. The number of hydrogen-bond donors (Lipinski definition) is 2. The molecule has 0 fully saturated rings. The number of carbonyl (C=O) groups excluding carboxylic acids is 1. The van der Waals surface area contributed by atoms with Crippen molar-refractivity contribution in [3.63, 3.8) is 0 Å². The molecular formula is C26H28N2O7. The van der Waals surface area contributed by atoms with E-state index < -0.39 is 12.1 Å². The molecule has 0 heterocycles. The van der Waals surface area contributed by atoms with Crippen LogP contribution in [-0.4, -0.2) is 49.1 Å². The number of nitrogens with zero attached hydrogens (tertiary/aromatic N) is 2. The first-order valence-corrected chi connectivity index (χ1v) is 10.8. The highest BCUT2D eigenvalue weighted by atomic mass is 16.5. The van der Waals surface area contributed by atoms with Crippen LogP contribution in [0.3, 0.4) is 0 Å². The molecule has 9 heteroatoms. The van der Waals surface area contributed by atoms with Crippen molar-refractivity contribution in [1.82, 2.24) is 0 Å². The van der Waals surface area contributed by atoms with Gasteiger partial charge in [0.15, 0.2) is 0 Å². The molecule has 0 unspecified atom stereocenters. The number of oxime groups is 2. The Morgan fingerprint density at radius 3 is 2.09 bits per heavy atom. The van der Waals surface area contributed by atoms with Crippen LogP contribution in [0.25, 0.3) is 0 Å². The summed E-state index contributed by atoms with van der Waals surface area (Å²) in [5.41, 5.74) is 2.99. The maximum atomic E-state index is 13.1. The summed E-state index contributed by atoms with van der Waals surface area (Å²) in [6.07, 6.45) is 4.50. The normalized spacial score (nSPS) is 15.3. The van der Waals surface area contributed by atoms with Crippen molar-refractivity contribution in [2.75, 3.05) is 21.3 Å². The molecule has 3 rings (SSSR count). The summed E-state index contributed by atoms with van der Waals surface area (Å²) in [4.78, 5) is 13.1. The second kappa shape index (κ2) is 11.2. The van der Waals surface area contributed by atoms with Gasteiger partial charge in [-0.25, -0.2) is 4.79 Å². The number of esters is 1. The molecule has 2 N–H and O–H groups in total. The summed E-state index contributed by atoms with van der Waals surface area (Å²) < 4.78 is 22.4. The van der Waals surface area contributed by atoms with Crippen LogP contribution in [0, 0.1) is 0 Å². The van der Waals surface area contributed by atoms with Gasteiger partial charge in [0.1, 0.15) is 34.8 Å². The van der Waals surface area contributed by atoms with Gasteiger partial charge in [-0.1, -0.05) is 22.0 Å². The number of fused-ring (bicyclic) bond motifs is 1. The molecule has 0 radical (unpaired) electrons. The van der Waals surface area contributed by atoms with Gasteiger partial charge in [-0.3, -0.25) is 0 Å². The monoisotopic (exact) mass is 480 g/mol. The van der Waals surface area contributed by atoms with Crippen LogP contribution in [0.4, 0.5) is 0 Å². The predicted octanol–water partition coefficient (Wildman–Crippen LogP) is 4.89. The second-order valence-electron chi connectivity index (χ2n) is 7.89. The largest absolute Gasteiger partial charge is 0.497 e. The van der Waals surface area contributed by atoms with Crippen LogP contribution < -0.4 is 14.2 Å². The summed E-state index contributed by atoms with van der Waals surface area (Å²) in [6.45, 7) is 3.89. The Morgan fingerprint density at radius 2 is 1.57 bits per heavy atom. The number of hydrogen-bond acceptors (Lipinski definition) is 9. The van der Waals surface area contributed by atoms with E-state index >= 15 is 0 Å². The highest BCUT2D eigenvalue weighted by molar-refractivity contribution is 6.27. The predicted molar refractivity (Wildman–Crippen MR) is 131 cm³/mol. The first kappa shape index (κ1) is 25.4. The maximum absolute atomic E-state index is 13.1. The third-order valence-electron chi connectivity index (χ3n) is 5.49. The fourth-order valence-electron chi connectivity index (χ4n) is 3.78. The van der Waals surface area contributed by atoms with E-state index in [2.05, 4.69) is 10.3 Å². The Balaban J connectivity index is 2.17. The minimum atomic E-state index is -0.769. The molecule has 1 aliphatic carbocycles. The van der Waals surface area contributed by atoms with Gasteiger partial charge in [0.25, 0.3) is 0 Å². The van der Waals surface area contributed by atoms with Gasteiger partial charge >= 0.3 is 5.97 Å². The molecule has 0 bridgehead atoms. The zero-order chi connectivity index (χ0) is 25.5. The summed E-state index contributed by atoms with van der Waals surface area (Å²) in [7, 11) is 4.46. The van der Waals surface area contributed by atoms with Gasteiger partial charge in [0.05, 0.1) is 38.0 Å². The molecule has 35 heavy (non-hydrogen) atoms. The Kier molecular flexibility index (Phi) is 8.14. The highest BCUT2D eigenvalue weighted by Gasteiger charge is 2.32. The molecule has 1 aliphatic rings. The zero-order valence-electron chi connectivity index (χ0n) is 20.2. The van der Waals surface area contributed by atoms with Crippen molar-refractivity contribution in [3.8, 4) is 17.2 Å². The topological polar surface area (TPSA) is 119 Å². The van der Waals surface area contributed by atoms with Crippen LogP contribution in [0.5, 0.6) is 17.2 Å². The van der Waals surface area contributed by atoms with E-state index in [-0.39, 0.29) is 11.4 Å². The van der Waals surface area contributed by atoms with Crippen LogP contribution >= 0.6 is 0 Å². The van der Waals surface area contributed by atoms with Crippen LogP contribution in [-0.2, 0) is 4.74 Å². The summed E-state index contributed by atoms with van der Waals surface area (Å²) in [5, 5.41) is 25.9. The third kappa shape index (κ3) is 5.29. The molecular weight excluding hydrogens is 452 g/mol. The smallest absolute Gasteiger partial charge is 0.338 e. The number of methoxy groups -OCH3 is 3. The standard InChI is InChI=1S/C26H28N2O7/c1-15(2)6-13-21(35-26(29)16-7-9-17(32-3)10-8-16)18-14-22(33-4)23-19(27-30)11-12-20(28-31)24(23)25(18)34-5/h6-12,14,21,30-31H,13H2,1-5H3/b27-19+,28-20+/t21-/m0/s1. The van der Waals surface area contributed by atoms with E-state index in [1.165, 1.54) is 26.4 Å². The Morgan fingerprint density at radius 1 is 0.943 bits per heavy atom. The van der Waals surface area contributed by atoms with E-state index in [9.17, 15) is 15.2 Å². The van der Waals surface area contributed by atoms with Crippen LogP contribution in [0.15, 0.2) is 64.4 Å². The van der Waals surface area contributed by atoms with E-state index in [1.54, 1.807) is 37.4 Å². The summed E-state index contributed by atoms with van der Waals surface area (Å²) >= 11 is 0. The second-order valence-corrected chi connectivity index (χ2v) is 7.89. The first-order chi connectivity index (χ1) is 16.9. The van der Waals surface area contributed by atoms with Gasteiger partial charge in [0, 0.05) is 12.0 Å². The fourth-order valence-corrected chi connectivity index (χ4v) is 3.78. The van der Waals surface area contributed by atoms with E-state index in [4.69, 9.17) is 18.9 Å². The van der Waals surface area contributed by atoms with E-state index in [0.29, 0.717) is 45.9 Å². The SMILES string of the molecule is COc1ccc(C(=O)O[C@@H](CC=C(C)C)c2cc(OC)c3c(c2OC)/C(=N/O)C=C/C3=N\O)cc1. The lowest BCUT2D eigenvalue weighted by Crippen LogP contribution is -2.20. The molecule has 0 amide bonds. The van der Waals surface area contributed by atoms with Crippen molar-refractivity contribution < 1.29 is 34.2 Å². The molecule has 0 aromatic heterocycles. The molecule has 0 aliphatic heterocycles. The Hall–Kier alpha value is -4.27. The van der Waals surface area contributed by atoms with Gasteiger partial charge in [-0.2, -0.15) is 0 Å². The molecule has 1 atom stereocenters. The van der Waals surface area contributed by atoms with Crippen molar-refractivity contribution >= 4 is 17.4 Å². The number of carbonyl (C=O) groups is 1. The van der Waals surface area contributed by atoms with E-state index in [0.717, 1.165) is 5.57 Å². The average molecular weight is 481 g/mol. The molecule has 184 valence electrons. The van der Waals surface area contributed by atoms with Crippen molar-refractivity contribution in [2.24, 2.45) is 10.3 Å². The lowest BCUT2D eigenvalue weighted by atomic mass is 9.88. The third-order valence-corrected chi connectivity index (χ3v) is 5.49. The molecule has 2 aromatic rings. The number of ether oxygens (including phenoxy) is 4. The van der Waals surface area contributed by atoms with E-state index in [1.807, 2.05) is 19.9 Å². The first-order valence-electron chi connectivity index (χ1n) is 10.8. The van der Waals surface area contributed by atoms with Crippen molar-refractivity contribution in [1.29, 1.82) is 0 Å². The van der Waals surface area contributed by atoms with Gasteiger partial charge in [0.2, 0.25) is 0 Å². The molecule has 9 nitrogen and oxygen atoms in total. The van der Waals surface area contributed by atoms with Crippen molar-refractivity contribution in [2.45, 2.75) is 26.4 Å². The van der Waals surface area contributed by atoms with Crippen LogP contribution in [0.2, 0.25) is 0 Å². The van der Waals surface area contributed by atoms with Crippen LogP contribution in [0.1, 0.15) is 53.4 Å². The molecule has 0 saturated carbocycles. The fraction of sp³-hybridized carbons (Fsp3) is 0.269. The van der Waals surface area contributed by atoms with Crippen molar-refractivity contribution in [3.05, 3.63) is 76.4 Å². The lowest BCUT2D eigenvalue weighted by Gasteiger charge is -2.26. The molecule has 2 aromatic carbocycles. The lowest BCUT2D eigenvalue weighted by molar-refractivity contribution is 0.0297. The molecule has 0 spiro atoms. The highest BCUT2D eigenvalue weighted by Crippen LogP contribution is 2.42. The summed E-state index contributed by atoms with van der Waals surface area (Å²) in [6, 6.07) is 8.26. The zero-order valence-corrected chi connectivity index (χ0v) is 20.2. The number of rotatable bonds is 8. The average Bonchev–Trinajstić information content (AvgIpc) is 2.89. The maximum Gasteiger partial charge on any atom is 0.338 e. The van der Waals surface area contributed by atoms with Gasteiger partial charge in [-0.05, 0) is 56.3 Å². The minimum absolute atomic E-state index is 0.173. The van der Waals surface area contributed by atoms with Gasteiger partial charge < -0.3 is 29.4 Å². The molecule has 0 saturated heterocycles. The quantitative estimate of drug-likeness (QED) is 0.239. The van der Waals surface area contributed by atoms with Gasteiger partial charge in [-0.15, -0.1) is 0 Å². The number of benzene rings is 2. The number of allylic oxidation sites excluding steroid dienone is 3. The summed E-state index contributed by atoms with van der Waals surface area (Å²) in [5.74, 6) is 0.714.